The molecule has 2 bridgehead atoms. The van der Waals surface area contributed by atoms with Crippen LogP contribution in [0.3, 0.4) is 0 Å². The maximum atomic E-state index is 13.4. The summed E-state index contributed by atoms with van der Waals surface area (Å²) in [6, 6.07) is 7.28. The number of nitrogens with zero attached hydrogens (tertiary/aromatic N) is 1. The molecule has 1 aromatic carbocycles. The van der Waals surface area contributed by atoms with Crippen LogP contribution in [0.4, 0.5) is 4.39 Å². The van der Waals surface area contributed by atoms with Crippen molar-refractivity contribution < 1.29 is 13.9 Å². The zero-order chi connectivity index (χ0) is 14.7. The molecule has 2 aliphatic heterocycles. The van der Waals surface area contributed by atoms with E-state index in [2.05, 4.69) is 5.32 Å². The normalized spacial score (nSPS) is 24.7. The average molecular weight is 292 g/mol. The highest BCUT2D eigenvalue weighted by Crippen LogP contribution is 2.21. The summed E-state index contributed by atoms with van der Waals surface area (Å²) in [6.45, 7) is 1.82. The highest BCUT2D eigenvalue weighted by Gasteiger charge is 2.30. The van der Waals surface area contributed by atoms with Gasteiger partial charge >= 0.3 is 0 Å². The lowest BCUT2D eigenvalue weighted by atomic mass is 10.1. The van der Waals surface area contributed by atoms with E-state index in [0.29, 0.717) is 18.5 Å². The summed E-state index contributed by atoms with van der Waals surface area (Å²) >= 11 is 0. The molecule has 2 saturated heterocycles. The summed E-state index contributed by atoms with van der Waals surface area (Å²) in [4.78, 5) is 14.1. The number of benzene rings is 1. The Morgan fingerprint density at radius 1 is 1.29 bits per heavy atom. The zero-order valence-electron chi connectivity index (χ0n) is 12.1. The van der Waals surface area contributed by atoms with E-state index in [1.807, 2.05) is 4.90 Å². The fourth-order valence-corrected chi connectivity index (χ4v) is 3.14. The number of ether oxygens (including phenoxy) is 1. The maximum absolute atomic E-state index is 13.4. The Morgan fingerprint density at radius 2 is 2.10 bits per heavy atom. The van der Waals surface area contributed by atoms with Crippen molar-refractivity contribution >= 4 is 5.91 Å². The molecule has 1 amide bonds. The number of likely N-dealkylation sites (tertiary alicyclic amines) is 1. The molecule has 21 heavy (non-hydrogen) atoms. The van der Waals surface area contributed by atoms with Gasteiger partial charge in [0.1, 0.15) is 0 Å². The number of para-hydroxylation sites is 1. The Balaban J connectivity index is 1.47. The standard InChI is InChI=1S/C16H21FN2O2/c17-14-3-1-2-4-15(14)21-10-8-16(20)19-9-7-12-5-6-13(11-19)18-12/h1-4,12-13,18H,5-11H2. The second kappa shape index (κ2) is 6.43. The van der Waals surface area contributed by atoms with Gasteiger partial charge in [0.2, 0.25) is 5.91 Å². The van der Waals surface area contributed by atoms with Gasteiger partial charge in [0.15, 0.2) is 11.6 Å². The number of carbonyl (C=O) groups excluding carboxylic acids is 1. The number of halogens is 1. The molecule has 2 unspecified atom stereocenters. The molecule has 1 aromatic rings. The minimum Gasteiger partial charge on any atom is -0.490 e. The van der Waals surface area contributed by atoms with Gasteiger partial charge in [0.25, 0.3) is 0 Å². The molecule has 2 atom stereocenters. The SMILES string of the molecule is O=C(CCOc1ccccc1F)N1CCC2CCC(C1)N2. The predicted octanol–water partition coefficient (Wildman–Crippen LogP) is 1.95. The van der Waals surface area contributed by atoms with E-state index in [9.17, 15) is 9.18 Å². The molecular formula is C16H21FN2O2. The van der Waals surface area contributed by atoms with Gasteiger partial charge in [-0.05, 0) is 31.4 Å². The van der Waals surface area contributed by atoms with Crippen molar-refractivity contribution in [2.45, 2.75) is 37.8 Å². The van der Waals surface area contributed by atoms with E-state index >= 15 is 0 Å². The van der Waals surface area contributed by atoms with Gasteiger partial charge in [-0.2, -0.15) is 0 Å². The van der Waals surface area contributed by atoms with Crippen LogP contribution in [-0.2, 0) is 4.79 Å². The van der Waals surface area contributed by atoms with Crippen molar-refractivity contribution in [1.29, 1.82) is 0 Å². The van der Waals surface area contributed by atoms with Crippen LogP contribution in [0.25, 0.3) is 0 Å². The van der Waals surface area contributed by atoms with Gasteiger partial charge in [0, 0.05) is 25.2 Å². The van der Waals surface area contributed by atoms with Crippen molar-refractivity contribution in [2.75, 3.05) is 19.7 Å². The molecule has 0 aromatic heterocycles. The van der Waals surface area contributed by atoms with E-state index < -0.39 is 0 Å². The molecule has 0 saturated carbocycles. The first-order valence-corrected chi connectivity index (χ1v) is 7.63. The first-order chi connectivity index (χ1) is 10.2. The summed E-state index contributed by atoms with van der Waals surface area (Å²) in [5.41, 5.74) is 0. The number of carbonyl (C=O) groups is 1. The fraction of sp³-hybridized carbons (Fsp3) is 0.562. The third-order valence-corrected chi connectivity index (χ3v) is 4.29. The Kier molecular flexibility index (Phi) is 4.39. The second-order valence-corrected chi connectivity index (χ2v) is 5.80. The van der Waals surface area contributed by atoms with Crippen molar-refractivity contribution in [2.24, 2.45) is 0 Å². The monoisotopic (exact) mass is 292 g/mol. The first-order valence-electron chi connectivity index (χ1n) is 7.63. The summed E-state index contributed by atoms with van der Waals surface area (Å²) in [5, 5.41) is 3.55. The third kappa shape index (κ3) is 3.53. The molecule has 2 heterocycles. The largest absolute Gasteiger partial charge is 0.490 e. The minimum absolute atomic E-state index is 0.0979. The molecule has 3 rings (SSSR count). The molecule has 0 spiro atoms. The Labute approximate surface area is 124 Å². The zero-order valence-corrected chi connectivity index (χ0v) is 12.1. The molecule has 0 radical (unpaired) electrons. The lowest BCUT2D eigenvalue weighted by Crippen LogP contribution is -2.39. The van der Waals surface area contributed by atoms with Gasteiger partial charge in [0.05, 0.1) is 13.0 Å². The molecule has 114 valence electrons. The fourth-order valence-electron chi connectivity index (χ4n) is 3.14. The van der Waals surface area contributed by atoms with Crippen LogP contribution in [0, 0.1) is 5.82 Å². The first kappa shape index (κ1) is 14.3. The number of hydrogen-bond acceptors (Lipinski definition) is 3. The molecule has 4 nitrogen and oxygen atoms in total. The van der Waals surface area contributed by atoms with Crippen LogP contribution in [0.2, 0.25) is 0 Å². The topological polar surface area (TPSA) is 41.6 Å². The van der Waals surface area contributed by atoms with Crippen LogP contribution in [0.5, 0.6) is 5.75 Å². The lowest BCUT2D eigenvalue weighted by molar-refractivity contribution is -0.132. The van der Waals surface area contributed by atoms with Gasteiger partial charge in [-0.25, -0.2) is 4.39 Å². The maximum Gasteiger partial charge on any atom is 0.226 e. The molecule has 2 aliphatic rings. The highest BCUT2D eigenvalue weighted by atomic mass is 19.1. The Hall–Kier alpha value is -1.62. The summed E-state index contributed by atoms with van der Waals surface area (Å²) in [7, 11) is 0. The molecule has 5 heteroatoms. The third-order valence-electron chi connectivity index (χ3n) is 4.29. The number of hydrogen-bond donors (Lipinski definition) is 1. The number of fused-ring (bicyclic) bond motifs is 2. The van der Waals surface area contributed by atoms with Crippen molar-refractivity contribution in [3.8, 4) is 5.75 Å². The van der Waals surface area contributed by atoms with E-state index in [1.54, 1.807) is 18.2 Å². The van der Waals surface area contributed by atoms with Crippen LogP contribution in [0.1, 0.15) is 25.7 Å². The van der Waals surface area contributed by atoms with Gasteiger partial charge < -0.3 is 15.0 Å². The number of rotatable bonds is 4. The van der Waals surface area contributed by atoms with Crippen LogP contribution < -0.4 is 10.1 Å². The Bertz CT molecular complexity index is 509. The molecule has 1 N–H and O–H groups in total. The minimum atomic E-state index is -0.388. The molecule has 2 fully saturated rings. The van der Waals surface area contributed by atoms with E-state index in [0.717, 1.165) is 25.9 Å². The van der Waals surface area contributed by atoms with Crippen molar-refractivity contribution in [1.82, 2.24) is 10.2 Å². The van der Waals surface area contributed by atoms with E-state index in [1.165, 1.54) is 12.5 Å². The average Bonchev–Trinajstić information content (AvgIpc) is 2.80. The van der Waals surface area contributed by atoms with Crippen LogP contribution in [-0.4, -0.2) is 42.6 Å². The van der Waals surface area contributed by atoms with Gasteiger partial charge in [-0.1, -0.05) is 12.1 Å². The van der Waals surface area contributed by atoms with Crippen molar-refractivity contribution in [3.63, 3.8) is 0 Å². The number of amides is 1. The summed E-state index contributed by atoms with van der Waals surface area (Å²) < 4.78 is 18.7. The summed E-state index contributed by atoms with van der Waals surface area (Å²) in [5.74, 6) is -0.0798. The Morgan fingerprint density at radius 3 is 2.95 bits per heavy atom. The molecular weight excluding hydrogens is 271 g/mol. The highest BCUT2D eigenvalue weighted by molar-refractivity contribution is 5.76. The number of nitrogens with one attached hydrogen (secondary N) is 1. The molecule has 0 aliphatic carbocycles. The smallest absolute Gasteiger partial charge is 0.226 e. The van der Waals surface area contributed by atoms with E-state index in [4.69, 9.17) is 4.74 Å². The van der Waals surface area contributed by atoms with E-state index in [-0.39, 0.29) is 24.1 Å². The predicted molar refractivity (Wildman–Crippen MR) is 77.7 cm³/mol. The lowest BCUT2D eigenvalue weighted by Gasteiger charge is -2.24. The van der Waals surface area contributed by atoms with Crippen LogP contribution >= 0.6 is 0 Å². The second-order valence-electron chi connectivity index (χ2n) is 5.80. The van der Waals surface area contributed by atoms with Crippen LogP contribution in [0.15, 0.2) is 24.3 Å². The quantitative estimate of drug-likeness (QED) is 0.922. The summed E-state index contributed by atoms with van der Waals surface area (Å²) in [6.07, 6.45) is 3.70. The van der Waals surface area contributed by atoms with Gasteiger partial charge in [-0.3, -0.25) is 4.79 Å². The van der Waals surface area contributed by atoms with Gasteiger partial charge in [-0.15, -0.1) is 0 Å². The van der Waals surface area contributed by atoms with Crippen molar-refractivity contribution in [3.05, 3.63) is 30.1 Å².